The molecule has 1 heterocycles. The van der Waals surface area contributed by atoms with E-state index in [0.29, 0.717) is 24.1 Å². The highest BCUT2D eigenvalue weighted by atomic mass is 32.2. The average molecular weight is 409 g/mol. The van der Waals surface area contributed by atoms with Crippen molar-refractivity contribution in [3.05, 3.63) is 78.1 Å². The van der Waals surface area contributed by atoms with Gasteiger partial charge in [0.1, 0.15) is 12.4 Å². The zero-order valence-corrected chi connectivity index (χ0v) is 17.4. The summed E-state index contributed by atoms with van der Waals surface area (Å²) in [5.41, 5.74) is 2.97. The van der Waals surface area contributed by atoms with Crippen LogP contribution in [0, 0.1) is 13.8 Å². The maximum Gasteiger partial charge on any atom is 0.234 e. The van der Waals surface area contributed by atoms with Gasteiger partial charge in [0, 0.05) is 12.2 Å². The normalized spacial score (nSPS) is 10.6. The molecular weight excluding hydrogens is 384 g/mol. The third-order valence-electron chi connectivity index (χ3n) is 4.21. The van der Waals surface area contributed by atoms with Crippen molar-refractivity contribution >= 4 is 23.4 Å². The molecule has 0 aliphatic rings. The molecule has 0 saturated heterocycles. The lowest BCUT2D eigenvalue weighted by Crippen LogP contribution is -2.15. The van der Waals surface area contributed by atoms with Gasteiger partial charge in [-0.1, -0.05) is 48.2 Å². The van der Waals surface area contributed by atoms with Gasteiger partial charge in [0.05, 0.1) is 5.75 Å². The van der Waals surface area contributed by atoms with E-state index < -0.39 is 0 Å². The van der Waals surface area contributed by atoms with Crippen molar-refractivity contribution < 1.29 is 9.53 Å². The summed E-state index contributed by atoms with van der Waals surface area (Å²) in [7, 11) is 0. The van der Waals surface area contributed by atoms with E-state index in [1.54, 1.807) is 6.08 Å². The average Bonchev–Trinajstić information content (AvgIpc) is 3.09. The zero-order valence-electron chi connectivity index (χ0n) is 16.6. The van der Waals surface area contributed by atoms with E-state index in [2.05, 4.69) is 22.1 Å². The Morgan fingerprint density at radius 2 is 2.03 bits per heavy atom. The van der Waals surface area contributed by atoms with Crippen LogP contribution in [0.1, 0.15) is 17.0 Å². The Balaban J connectivity index is 1.62. The Hall–Kier alpha value is -3.06. The molecule has 0 fully saturated rings. The second kappa shape index (κ2) is 9.93. The van der Waals surface area contributed by atoms with Crippen molar-refractivity contribution in [3.63, 3.8) is 0 Å². The largest absolute Gasteiger partial charge is 0.486 e. The fourth-order valence-electron chi connectivity index (χ4n) is 2.73. The topological polar surface area (TPSA) is 69.0 Å². The van der Waals surface area contributed by atoms with Gasteiger partial charge in [-0.2, -0.15) is 0 Å². The van der Waals surface area contributed by atoms with Crippen molar-refractivity contribution in [3.8, 4) is 5.75 Å². The molecule has 1 N–H and O–H groups in total. The van der Waals surface area contributed by atoms with E-state index in [1.165, 1.54) is 11.8 Å². The van der Waals surface area contributed by atoms with Crippen LogP contribution in [0.4, 0.5) is 5.69 Å². The lowest BCUT2D eigenvalue weighted by molar-refractivity contribution is -0.113. The number of thioether (sulfide) groups is 1. The number of carbonyl (C=O) groups is 1. The molecule has 0 aliphatic carbocycles. The summed E-state index contributed by atoms with van der Waals surface area (Å²) >= 11 is 1.34. The van der Waals surface area contributed by atoms with Crippen LogP contribution < -0.4 is 10.1 Å². The van der Waals surface area contributed by atoms with E-state index in [1.807, 2.05) is 66.9 Å². The molecule has 7 heteroatoms. The Morgan fingerprint density at radius 3 is 2.79 bits per heavy atom. The first-order chi connectivity index (χ1) is 14.1. The summed E-state index contributed by atoms with van der Waals surface area (Å²) in [5, 5.41) is 12.1. The number of hydrogen-bond acceptors (Lipinski definition) is 5. The highest BCUT2D eigenvalue weighted by Gasteiger charge is 2.14. The molecular formula is C22H24N4O2S. The first kappa shape index (κ1) is 20.7. The second-order valence-corrected chi connectivity index (χ2v) is 7.50. The van der Waals surface area contributed by atoms with Crippen molar-refractivity contribution in [2.45, 2.75) is 32.2 Å². The van der Waals surface area contributed by atoms with Crippen LogP contribution in [-0.2, 0) is 17.9 Å². The van der Waals surface area contributed by atoms with Crippen molar-refractivity contribution in [2.24, 2.45) is 0 Å². The van der Waals surface area contributed by atoms with E-state index in [-0.39, 0.29) is 11.7 Å². The highest BCUT2D eigenvalue weighted by molar-refractivity contribution is 7.99. The van der Waals surface area contributed by atoms with Crippen LogP contribution in [0.25, 0.3) is 0 Å². The zero-order chi connectivity index (χ0) is 20.6. The summed E-state index contributed by atoms with van der Waals surface area (Å²) < 4.78 is 7.76. The first-order valence-electron chi connectivity index (χ1n) is 9.27. The van der Waals surface area contributed by atoms with Gasteiger partial charge in [-0.25, -0.2) is 0 Å². The smallest absolute Gasteiger partial charge is 0.234 e. The summed E-state index contributed by atoms with van der Waals surface area (Å²) in [6, 6.07) is 15.5. The maximum atomic E-state index is 12.3. The summed E-state index contributed by atoms with van der Waals surface area (Å²) in [4.78, 5) is 12.3. The molecule has 1 aromatic heterocycles. The first-order valence-corrected chi connectivity index (χ1v) is 10.3. The number of allylic oxidation sites excluding steroid dienone is 1. The maximum absolute atomic E-state index is 12.3. The predicted molar refractivity (Wildman–Crippen MR) is 116 cm³/mol. The van der Waals surface area contributed by atoms with Gasteiger partial charge in [-0.15, -0.1) is 16.8 Å². The summed E-state index contributed by atoms with van der Waals surface area (Å²) in [5.74, 6) is 1.62. The Morgan fingerprint density at radius 1 is 1.21 bits per heavy atom. The van der Waals surface area contributed by atoms with Crippen LogP contribution in [0.5, 0.6) is 5.75 Å². The van der Waals surface area contributed by atoms with Gasteiger partial charge in [0.2, 0.25) is 5.91 Å². The molecule has 0 unspecified atom stereocenters. The number of anilines is 1. The van der Waals surface area contributed by atoms with Crippen LogP contribution in [0.2, 0.25) is 0 Å². The number of aromatic nitrogens is 3. The molecule has 1 amide bonds. The van der Waals surface area contributed by atoms with Gasteiger partial charge in [0.15, 0.2) is 11.0 Å². The quantitative estimate of drug-likeness (QED) is 0.420. The number of nitrogens with zero attached hydrogens (tertiary/aromatic N) is 3. The van der Waals surface area contributed by atoms with Gasteiger partial charge < -0.3 is 10.1 Å². The van der Waals surface area contributed by atoms with Crippen molar-refractivity contribution in [1.29, 1.82) is 0 Å². The Bertz CT molecular complexity index is 1000. The number of carbonyl (C=O) groups excluding carboxylic acids is 1. The molecule has 2 aromatic carbocycles. The van der Waals surface area contributed by atoms with E-state index in [0.717, 1.165) is 22.6 Å². The number of hydrogen-bond donors (Lipinski definition) is 1. The number of aryl methyl sites for hydroxylation is 2. The fraction of sp³-hybridized carbons (Fsp3) is 0.227. The van der Waals surface area contributed by atoms with Gasteiger partial charge in [-0.3, -0.25) is 9.36 Å². The molecule has 0 atom stereocenters. The molecule has 29 heavy (non-hydrogen) atoms. The number of para-hydroxylation sites is 1. The number of ether oxygens (including phenoxy) is 1. The Labute approximate surface area is 175 Å². The van der Waals surface area contributed by atoms with E-state index in [4.69, 9.17) is 4.74 Å². The predicted octanol–water partition coefficient (Wildman–Crippen LogP) is 4.39. The number of amides is 1. The minimum Gasteiger partial charge on any atom is -0.486 e. The number of benzene rings is 2. The van der Waals surface area contributed by atoms with Crippen LogP contribution in [0.15, 0.2) is 66.3 Å². The molecule has 0 aliphatic heterocycles. The lowest BCUT2D eigenvalue weighted by atomic mass is 10.2. The van der Waals surface area contributed by atoms with Crippen molar-refractivity contribution in [1.82, 2.24) is 14.8 Å². The van der Waals surface area contributed by atoms with Gasteiger partial charge in [-0.05, 0) is 43.2 Å². The minimum atomic E-state index is -0.0880. The lowest BCUT2D eigenvalue weighted by Gasteiger charge is -2.10. The second-order valence-electron chi connectivity index (χ2n) is 6.56. The highest BCUT2D eigenvalue weighted by Crippen LogP contribution is 2.20. The summed E-state index contributed by atoms with van der Waals surface area (Å²) in [6.07, 6.45) is 1.77. The SMILES string of the molecule is C=CCn1c(COc2cccc(C)c2)nnc1SCC(=O)Nc1ccccc1C. The van der Waals surface area contributed by atoms with Crippen LogP contribution in [0.3, 0.4) is 0 Å². The molecule has 0 radical (unpaired) electrons. The Kier molecular flexibility index (Phi) is 7.08. The molecule has 3 aromatic rings. The molecule has 6 nitrogen and oxygen atoms in total. The summed E-state index contributed by atoms with van der Waals surface area (Å²) in [6.45, 7) is 8.62. The standard InChI is InChI=1S/C22H24N4O2S/c1-4-12-26-20(14-28-18-10-7-8-16(2)13-18)24-25-22(26)29-15-21(27)23-19-11-6-5-9-17(19)3/h4-11,13H,1,12,14-15H2,2-3H3,(H,23,27). The third-order valence-corrected chi connectivity index (χ3v) is 5.18. The molecule has 0 saturated carbocycles. The molecule has 150 valence electrons. The van der Waals surface area contributed by atoms with E-state index >= 15 is 0 Å². The van der Waals surface area contributed by atoms with Gasteiger partial charge in [0.25, 0.3) is 0 Å². The van der Waals surface area contributed by atoms with Crippen LogP contribution in [-0.4, -0.2) is 26.4 Å². The fourth-order valence-corrected chi connectivity index (χ4v) is 3.49. The molecule has 0 spiro atoms. The monoisotopic (exact) mass is 408 g/mol. The third kappa shape index (κ3) is 5.71. The number of rotatable bonds is 9. The molecule has 3 rings (SSSR count). The molecule has 0 bridgehead atoms. The van der Waals surface area contributed by atoms with Crippen LogP contribution >= 0.6 is 11.8 Å². The van der Waals surface area contributed by atoms with E-state index in [9.17, 15) is 4.79 Å². The number of nitrogens with one attached hydrogen (secondary N) is 1. The van der Waals surface area contributed by atoms with Crippen molar-refractivity contribution in [2.75, 3.05) is 11.1 Å². The minimum absolute atomic E-state index is 0.0880. The van der Waals surface area contributed by atoms with Gasteiger partial charge >= 0.3 is 0 Å².